The zero-order valence-corrected chi connectivity index (χ0v) is 14.5. The van der Waals surface area contributed by atoms with Gasteiger partial charge in [0, 0.05) is 5.69 Å². The van der Waals surface area contributed by atoms with Crippen molar-refractivity contribution >= 4 is 22.5 Å². The molecule has 0 bridgehead atoms. The average molecular weight is 329 g/mol. The first-order valence-electron chi connectivity index (χ1n) is 8.22. The molecule has 0 spiro atoms. The SMILES string of the molecule is Cc1cccc(Nc2ncnc3c2cnn3-c2ccc(C)c(C)c2)c1. The minimum absolute atomic E-state index is 0.755. The summed E-state index contributed by atoms with van der Waals surface area (Å²) in [7, 11) is 0. The molecule has 5 nitrogen and oxygen atoms in total. The number of aromatic nitrogens is 4. The minimum Gasteiger partial charge on any atom is -0.340 e. The largest absolute Gasteiger partial charge is 0.340 e. The van der Waals surface area contributed by atoms with E-state index >= 15 is 0 Å². The highest BCUT2D eigenvalue weighted by atomic mass is 15.3. The molecule has 2 aromatic heterocycles. The minimum atomic E-state index is 0.755. The fourth-order valence-corrected chi connectivity index (χ4v) is 2.85. The molecule has 0 fully saturated rings. The maximum Gasteiger partial charge on any atom is 0.168 e. The second-order valence-electron chi connectivity index (χ2n) is 6.28. The normalized spacial score (nSPS) is 11.0. The van der Waals surface area contributed by atoms with Gasteiger partial charge >= 0.3 is 0 Å². The van der Waals surface area contributed by atoms with Crippen molar-refractivity contribution in [1.82, 2.24) is 19.7 Å². The van der Waals surface area contributed by atoms with E-state index in [-0.39, 0.29) is 0 Å². The van der Waals surface area contributed by atoms with Crippen LogP contribution < -0.4 is 5.32 Å². The van der Waals surface area contributed by atoms with E-state index in [2.05, 4.69) is 71.5 Å². The van der Waals surface area contributed by atoms with Gasteiger partial charge < -0.3 is 5.32 Å². The van der Waals surface area contributed by atoms with E-state index < -0.39 is 0 Å². The third-order valence-corrected chi connectivity index (χ3v) is 4.38. The number of anilines is 2. The highest BCUT2D eigenvalue weighted by Gasteiger charge is 2.12. The third kappa shape index (κ3) is 2.85. The van der Waals surface area contributed by atoms with Gasteiger partial charge in [-0.1, -0.05) is 18.2 Å². The van der Waals surface area contributed by atoms with Crippen molar-refractivity contribution in [3.63, 3.8) is 0 Å². The highest BCUT2D eigenvalue weighted by Crippen LogP contribution is 2.25. The van der Waals surface area contributed by atoms with Crippen LogP contribution >= 0.6 is 0 Å². The van der Waals surface area contributed by atoms with E-state index in [0.717, 1.165) is 28.2 Å². The Morgan fingerprint density at radius 3 is 2.60 bits per heavy atom. The Hall–Kier alpha value is -3.21. The quantitative estimate of drug-likeness (QED) is 0.602. The smallest absolute Gasteiger partial charge is 0.168 e. The first kappa shape index (κ1) is 15.3. The van der Waals surface area contributed by atoms with Crippen molar-refractivity contribution in [3.05, 3.63) is 71.7 Å². The Kier molecular flexibility index (Phi) is 3.69. The summed E-state index contributed by atoms with van der Waals surface area (Å²) in [6.07, 6.45) is 3.38. The van der Waals surface area contributed by atoms with Gasteiger partial charge in [0.25, 0.3) is 0 Å². The van der Waals surface area contributed by atoms with E-state index in [4.69, 9.17) is 0 Å². The van der Waals surface area contributed by atoms with Gasteiger partial charge in [-0.15, -0.1) is 0 Å². The highest BCUT2D eigenvalue weighted by molar-refractivity contribution is 5.89. The number of rotatable bonds is 3. The number of hydrogen-bond donors (Lipinski definition) is 1. The molecule has 4 rings (SSSR count). The fourth-order valence-electron chi connectivity index (χ4n) is 2.85. The van der Waals surface area contributed by atoms with Gasteiger partial charge in [0.2, 0.25) is 0 Å². The van der Waals surface area contributed by atoms with Gasteiger partial charge in [-0.05, 0) is 61.7 Å². The molecule has 0 radical (unpaired) electrons. The monoisotopic (exact) mass is 329 g/mol. The number of hydrogen-bond acceptors (Lipinski definition) is 4. The zero-order valence-electron chi connectivity index (χ0n) is 14.5. The van der Waals surface area contributed by atoms with Gasteiger partial charge in [0.15, 0.2) is 5.65 Å². The number of nitrogens with zero attached hydrogens (tertiary/aromatic N) is 4. The molecule has 2 aromatic carbocycles. The molecule has 2 heterocycles. The predicted octanol–water partition coefficient (Wildman–Crippen LogP) is 4.48. The lowest BCUT2D eigenvalue weighted by Crippen LogP contribution is -2.00. The van der Waals surface area contributed by atoms with Crippen LogP contribution in [0.3, 0.4) is 0 Å². The van der Waals surface area contributed by atoms with Crippen LogP contribution in [0.25, 0.3) is 16.7 Å². The Balaban J connectivity index is 1.79. The second-order valence-corrected chi connectivity index (χ2v) is 6.28. The lowest BCUT2D eigenvalue weighted by atomic mass is 10.1. The van der Waals surface area contributed by atoms with Gasteiger partial charge in [-0.25, -0.2) is 14.6 Å². The molecule has 0 saturated carbocycles. The Morgan fingerprint density at radius 1 is 0.920 bits per heavy atom. The summed E-state index contributed by atoms with van der Waals surface area (Å²) < 4.78 is 1.85. The molecule has 0 saturated heterocycles. The van der Waals surface area contributed by atoms with Gasteiger partial charge in [0.1, 0.15) is 12.1 Å². The molecule has 25 heavy (non-hydrogen) atoms. The Bertz CT molecular complexity index is 1060. The van der Waals surface area contributed by atoms with E-state index in [1.807, 2.05) is 23.0 Å². The summed E-state index contributed by atoms with van der Waals surface area (Å²) in [5.41, 5.74) is 6.47. The van der Waals surface area contributed by atoms with Crippen LogP contribution in [0, 0.1) is 20.8 Å². The van der Waals surface area contributed by atoms with Crippen molar-refractivity contribution in [1.29, 1.82) is 0 Å². The van der Waals surface area contributed by atoms with E-state index in [1.165, 1.54) is 16.7 Å². The van der Waals surface area contributed by atoms with E-state index in [9.17, 15) is 0 Å². The maximum absolute atomic E-state index is 4.53. The average Bonchev–Trinajstić information content (AvgIpc) is 3.03. The Morgan fingerprint density at radius 2 is 1.80 bits per heavy atom. The zero-order chi connectivity index (χ0) is 17.4. The summed E-state index contributed by atoms with van der Waals surface area (Å²) in [4.78, 5) is 8.83. The number of benzene rings is 2. The van der Waals surface area contributed by atoms with Gasteiger partial charge in [-0.3, -0.25) is 0 Å². The van der Waals surface area contributed by atoms with Crippen LogP contribution in [-0.2, 0) is 0 Å². The molecular weight excluding hydrogens is 310 g/mol. The van der Waals surface area contributed by atoms with Gasteiger partial charge in [0.05, 0.1) is 17.3 Å². The lowest BCUT2D eigenvalue weighted by Gasteiger charge is -2.08. The molecule has 0 atom stereocenters. The van der Waals surface area contributed by atoms with Crippen LogP contribution in [0.15, 0.2) is 55.0 Å². The molecule has 0 aliphatic rings. The topological polar surface area (TPSA) is 55.6 Å². The molecular formula is C20H19N5. The summed E-state index contributed by atoms with van der Waals surface area (Å²) >= 11 is 0. The number of fused-ring (bicyclic) bond motifs is 1. The van der Waals surface area contributed by atoms with E-state index in [1.54, 1.807) is 6.33 Å². The van der Waals surface area contributed by atoms with Crippen molar-refractivity contribution in [2.45, 2.75) is 20.8 Å². The van der Waals surface area contributed by atoms with Crippen LogP contribution in [0.5, 0.6) is 0 Å². The van der Waals surface area contributed by atoms with Crippen LogP contribution in [0.1, 0.15) is 16.7 Å². The molecule has 0 aliphatic carbocycles. The first-order chi connectivity index (χ1) is 12.1. The van der Waals surface area contributed by atoms with Crippen molar-refractivity contribution < 1.29 is 0 Å². The molecule has 1 N–H and O–H groups in total. The van der Waals surface area contributed by atoms with Crippen LogP contribution in [-0.4, -0.2) is 19.7 Å². The molecule has 124 valence electrons. The summed E-state index contributed by atoms with van der Waals surface area (Å²) in [5, 5.41) is 8.79. The molecule has 4 aromatic rings. The Labute approximate surface area is 146 Å². The maximum atomic E-state index is 4.53. The lowest BCUT2D eigenvalue weighted by molar-refractivity contribution is 0.893. The summed E-state index contributed by atoms with van der Waals surface area (Å²) in [6.45, 7) is 6.27. The summed E-state index contributed by atoms with van der Waals surface area (Å²) in [5.74, 6) is 0.755. The molecule has 0 unspecified atom stereocenters. The first-order valence-corrected chi connectivity index (χ1v) is 8.22. The van der Waals surface area contributed by atoms with Crippen molar-refractivity contribution in [2.24, 2.45) is 0 Å². The van der Waals surface area contributed by atoms with Crippen molar-refractivity contribution in [2.75, 3.05) is 5.32 Å². The van der Waals surface area contributed by atoms with Crippen LogP contribution in [0.4, 0.5) is 11.5 Å². The number of nitrogens with one attached hydrogen (secondary N) is 1. The molecule has 5 heteroatoms. The molecule has 0 aliphatic heterocycles. The van der Waals surface area contributed by atoms with Crippen LogP contribution in [0.2, 0.25) is 0 Å². The third-order valence-electron chi connectivity index (χ3n) is 4.38. The number of aryl methyl sites for hydroxylation is 3. The predicted molar refractivity (Wildman–Crippen MR) is 101 cm³/mol. The fraction of sp³-hybridized carbons (Fsp3) is 0.150. The molecule has 0 amide bonds. The van der Waals surface area contributed by atoms with Gasteiger partial charge in [-0.2, -0.15) is 5.10 Å². The van der Waals surface area contributed by atoms with Crippen molar-refractivity contribution in [3.8, 4) is 5.69 Å². The standard InChI is InChI=1S/C20H19N5/c1-13-5-4-6-16(9-13)24-19-18-11-23-25(20(18)22-12-21-19)17-8-7-14(2)15(3)10-17/h4-12H,1-3H3,(H,21,22,24). The van der Waals surface area contributed by atoms with E-state index in [0.29, 0.717) is 0 Å². The summed E-state index contributed by atoms with van der Waals surface area (Å²) in [6, 6.07) is 14.5. The second kappa shape index (κ2) is 6.02.